The molecule has 0 aliphatic heterocycles. The monoisotopic (exact) mass is 143 g/mol. The maximum Gasteiger partial charge on any atom is 0.0580 e. The molecule has 0 spiro atoms. The second kappa shape index (κ2) is 2.51. The van der Waals surface area contributed by atoms with E-state index in [1.807, 2.05) is 13.8 Å². The minimum atomic E-state index is -0.201. The molecule has 0 aromatic rings. The Labute approximate surface area is 62.4 Å². The summed E-state index contributed by atoms with van der Waals surface area (Å²) in [4.78, 5) is 0. The quantitative estimate of drug-likeness (QED) is 0.616. The van der Waals surface area contributed by atoms with Crippen LogP contribution in [0, 0.1) is 5.92 Å². The van der Waals surface area contributed by atoms with Crippen LogP contribution in [0.3, 0.4) is 0 Å². The van der Waals surface area contributed by atoms with Gasteiger partial charge in [0, 0.05) is 5.54 Å². The van der Waals surface area contributed by atoms with Gasteiger partial charge in [0.25, 0.3) is 0 Å². The number of aliphatic hydroxyl groups is 1. The number of aliphatic hydroxyl groups excluding tert-OH is 1. The fraction of sp³-hybridized carbons (Fsp3) is 1.00. The zero-order valence-electron chi connectivity index (χ0n) is 6.80. The molecule has 1 rings (SSSR count). The highest BCUT2D eigenvalue weighted by Crippen LogP contribution is 2.37. The molecule has 0 amide bonds. The molecule has 0 saturated heterocycles. The average Bonchev–Trinajstić information content (AvgIpc) is 2.47. The highest BCUT2D eigenvalue weighted by molar-refractivity contribution is 5.00. The third kappa shape index (κ3) is 1.96. The van der Waals surface area contributed by atoms with Crippen LogP contribution in [-0.2, 0) is 0 Å². The van der Waals surface area contributed by atoms with Crippen LogP contribution in [0.15, 0.2) is 0 Å². The molecule has 0 bridgehead atoms. The smallest absolute Gasteiger partial charge is 0.0580 e. The normalized spacial score (nSPS) is 24.9. The summed E-state index contributed by atoms with van der Waals surface area (Å²) < 4.78 is 0. The van der Waals surface area contributed by atoms with Crippen LogP contribution in [0.25, 0.3) is 0 Å². The SMILES string of the molecule is CC(C)C(O)CC1(N)CC1. The molecule has 0 aromatic carbocycles. The van der Waals surface area contributed by atoms with Gasteiger partial charge in [-0.05, 0) is 25.2 Å². The van der Waals surface area contributed by atoms with Crippen molar-refractivity contribution in [2.75, 3.05) is 0 Å². The van der Waals surface area contributed by atoms with Crippen molar-refractivity contribution in [3.63, 3.8) is 0 Å². The number of rotatable bonds is 3. The zero-order valence-corrected chi connectivity index (χ0v) is 6.80. The molecular formula is C8H17NO. The van der Waals surface area contributed by atoms with Gasteiger partial charge in [-0.25, -0.2) is 0 Å². The van der Waals surface area contributed by atoms with Crippen LogP contribution in [0.5, 0.6) is 0 Å². The molecule has 60 valence electrons. The van der Waals surface area contributed by atoms with Crippen LogP contribution < -0.4 is 5.73 Å². The summed E-state index contributed by atoms with van der Waals surface area (Å²) in [5.74, 6) is 0.348. The van der Waals surface area contributed by atoms with Gasteiger partial charge < -0.3 is 10.8 Å². The lowest BCUT2D eigenvalue weighted by atomic mass is 9.99. The topological polar surface area (TPSA) is 46.2 Å². The molecule has 1 saturated carbocycles. The van der Waals surface area contributed by atoms with Crippen molar-refractivity contribution in [2.45, 2.75) is 44.8 Å². The summed E-state index contributed by atoms with van der Waals surface area (Å²) in [6, 6.07) is 0. The predicted molar refractivity (Wildman–Crippen MR) is 41.6 cm³/mol. The van der Waals surface area contributed by atoms with E-state index in [0.29, 0.717) is 5.92 Å². The van der Waals surface area contributed by atoms with E-state index in [1.54, 1.807) is 0 Å². The third-order valence-corrected chi connectivity index (χ3v) is 2.28. The van der Waals surface area contributed by atoms with Gasteiger partial charge in [-0.3, -0.25) is 0 Å². The van der Waals surface area contributed by atoms with E-state index in [-0.39, 0.29) is 11.6 Å². The van der Waals surface area contributed by atoms with E-state index in [9.17, 15) is 5.11 Å². The lowest BCUT2D eigenvalue weighted by Gasteiger charge is -2.17. The van der Waals surface area contributed by atoms with E-state index in [1.165, 1.54) is 0 Å². The van der Waals surface area contributed by atoms with Crippen molar-refractivity contribution in [1.29, 1.82) is 0 Å². The van der Waals surface area contributed by atoms with E-state index in [2.05, 4.69) is 0 Å². The summed E-state index contributed by atoms with van der Waals surface area (Å²) in [6.45, 7) is 4.05. The zero-order chi connectivity index (χ0) is 7.78. The van der Waals surface area contributed by atoms with Crippen LogP contribution in [0.2, 0.25) is 0 Å². The van der Waals surface area contributed by atoms with E-state index in [4.69, 9.17) is 5.73 Å². The molecule has 1 aliphatic rings. The molecule has 10 heavy (non-hydrogen) atoms. The molecule has 0 aromatic heterocycles. The molecule has 1 fully saturated rings. The van der Waals surface area contributed by atoms with Crippen molar-refractivity contribution in [3.05, 3.63) is 0 Å². The summed E-state index contributed by atoms with van der Waals surface area (Å²) >= 11 is 0. The second-order valence-electron chi connectivity index (χ2n) is 3.88. The summed E-state index contributed by atoms with van der Waals surface area (Å²) in [5.41, 5.74) is 5.83. The Morgan fingerprint density at radius 2 is 2.00 bits per heavy atom. The van der Waals surface area contributed by atoms with Crippen LogP contribution >= 0.6 is 0 Å². The highest BCUT2D eigenvalue weighted by Gasteiger charge is 2.40. The first kappa shape index (κ1) is 8.02. The molecule has 2 heteroatoms. The maximum absolute atomic E-state index is 9.42. The maximum atomic E-state index is 9.42. The van der Waals surface area contributed by atoms with Crippen LogP contribution in [0.4, 0.5) is 0 Å². The standard InChI is InChI=1S/C8H17NO/c1-6(2)7(10)5-8(9)3-4-8/h6-7,10H,3-5,9H2,1-2H3. The lowest BCUT2D eigenvalue weighted by Crippen LogP contribution is -2.30. The Balaban J connectivity index is 2.24. The fourth-order valence-corrected chi connectivity index (χ4v) is 1.02. The first-order chi connectivity index (χ1) is 4.53. The summed E-state index contributed by atoms with van der Waals surface area (Å²) in [5, 5.41) is 9.42. The van der Waals surface area contributed by atoms with Gasteiger partial charge >= 0.3 is 0 Å². The molecule has 1 unspecified atom stereocenters. The minimum absolute atomic E-state index is 0.00366. The molecular weight excluding hydrogens is 126 g/mol. The van der Waals surface area contributed by atoms with Crippen molar-refractivity contribution in [3.8, 4) is 0 Å². The van der Waals surface area contributed by atoms with Gasteiger partial charge in [0.05, 0.1) is 6.10 Å². The van der Waals surface area contributed by atoms with Crippen molar-refractivity contribution < 1.29 is 5.11 Å². The Hall–Kier alpha value is -0.0800. The van der Waals surface area contributed by atoms with Gasteiger partial charge in [-0.1, -0.05) is 13.8 Å². The highest BCUT2D eigenvalue weighted by atomic mass is 16.3. The number of nitrogens with two attached hydrogens (primary N) is 1. The Morgan fingerprint density at radius 3 is 2.30 bits per heavy atom. The molecule has 3 N–H and O–H groups in total. The fourth-order valence-electron chi connectivity index (χ4n) is 1.02. The molecule has 1 atom stereocenters. The predicted octanol–water partition coefficient (Wildman–Crippen LogP) is 0.885. The first-order valence-corrected chi connectivity index (χ1v) is 4.00. The summed E-state index contributed by atoms with van der Waals surface area (Å²) in [7, 11) is 0. The summed E-state index contributed by atoms with van der Waals surface area (Å²) in [6.07, 6.45) is 2.77. The van der Waals surface area contributed by atoms with E-state index < -0.39 is 0 Å². The third-order valence-electron chi connectivity index (χ3n) is 2.28. The van der Waals surface area contributed by atoms with Gasteiger partial charge in [0.2, 0.25) is 0 Å². The van der Waals surface area contributed by atoms with Crippen molar-refractivity contribution in [2.24, 2.45) is 11.7 Å². The van der Waals surface area contributed by atoms with Crippen LogP contribution in [0.1, 0.15) is 33.1 Å². The van der Waals surface area contributed by atoms with Crippen molar-refractivity contribution >= 4 is 0 Å². The van der Waals surface area contributed by atoms with Crippen LogP contribution in [-0.4, -0.2) is 16.7 Å². The second-order valence-corrected chi connectivity index (χ2v) is 3.88. The average molecular weight is 143 g/mol. The largest absolute Gasteiger partial charge is 0.393 e. The first-order valence-electron chi connectivity index (χ1n) is 4.00. The van der Waals surface area contributed by atoms with E-state index >= 15 is 0 Å². The van der Waals surface area contributed by atoms with Gasteiger partial charge in [0.1, 0.15) is 0 Å². The lowest BCUT2D eigenvalue weighted by molar-refractivity contribution is 0.105. The van der Waals surface area contributed by atoms with E-state index in [0.717, 1.165) is 19.3 Å². The Morgan fingerprint density at radius 1 is 1.50 bits per heavy atom. The minimum Gasteiger partial charge on any atom is -0.393 e. The van der Waals surface area contributed by atoms with Gasteiger partial charge in [-0.15, -0.1) is 0 Å². The van der Waals surface area contributed by atoms with Gasteiger partial charge in [-0.2, -0.15) is 0 Å². The number of hydrogen-bond donors (Lipinski definition) is 2. The Kier molecular flexibility index (Phi) is 2.02. The molecule has 0 heterocycles. The number of hydrogen-bond acceptors (Lipinski definition) is 2. The molecule has 2 nitrogen and oxygen atoms in total. The van der Waals surface area contributed by atoms with Gasteiger partial charge in [0.15, 0.2) is 0 Å². The molecule has 1 aliphatic carbocycles. The van der Waals surface area contributed by atoms with Crippen molar-refractivity contribution in [1.82, 2.24) is 0 Å². The Bertz CT molecular complexity index is 118. The molecule has 0 radical (unpaired) electrons.